The molecule has 1 aliphatic heterocycles. The van der Waals surface area contributed by atoms with Gasteiger partial charge in [-0.2, -0.15) is 0 Å². The molecule has 5 heteroatoms. The largest absolute Gasteiger partial charge is 0.371 e. The number of rotatable bonds is 6. The smallest absolute Gasteiger partial charge is 0.152 e. The third-order valence-corrected chi connectivity index (χ3v) is 6.84. The lowest BCUT2D eigenvalue weighted by atomic mass is 10.00. The zero-order valence-corrected chi connectivity index (χ0v) is 15.5. The number of aryl methyl sites for hydroxylation is 2. The fourth-order valence-electron chi connectivity index (χ4n) is 3.01. The van der Waals surface area contributed by atoms with Crippen molar-refractivity contribution in [2.45, 2.75) is 45.5 Å². The Morgan fingerprint density at radius 3 is 2.70 bits per heavy atom. The molecule has 1 aromatic carbocycles. The molecule has 0 radical (unpaired) electrons. The fourth-order valence-corrected chi connectivity index (χ4v) is 4.01. The van der Waals surface area contributed by atoms with E-state index in [-0.39, 0.29) is 17.1 Å². The van der Waals surface area contributed by atoms with E-state index in [1.54, 1.807) is 13.8 Å². The molecule has 0 saturated carbocycles. The molecular weight excluding hydrogens is 310 g/mol. The van der Waals surface area contributed by atoms with Gasteiger partial charge in [-0.1, -0.05) is 23.8 Å². The summed E-state index contributed by atoms with van der Waals surface area (Å²) in [4.78, 5) is 2.32. The van der Waals surface area contributed by atoms with E-state index in [2.05, 4.69) is 36.9 Å². The van der Waals surface area contributed by atoms with Gasteiger partial charge in [0.25, 0.3) is 0 Å². The van der Waals surface area contributed by atoms with Crippen LogP contribution in [0.25, 0.3) is 0 Å². The number of hydrogen-bond donors (Lipinski definition) is 0. The summed E-state index contributed by atoms with van der Waals surface area (Å²) in [5.74, 6) is 0.274. The first-order chi connectivity index (χ1) is 10.8. The molecule has 1 fully saturated rings. The number of morpholine rings is 1. The molecule has 2 rings (SSSR count). The highest BCUT2D eigenvalue weighted by atomic mass is 32.2. The summed E-state index contributed by atoms with van der Waals surface area (Å²) in [5, 5.41) is -0.282. The van der Waals surface area contributed by atoms with Gasteiger partial charge in [-0.3, -0.25) is 4.90 Å². The standard InChI is InChI=1S/C18H29NO3S/c1-14(2)23(20,21)11-5-8-19-9-10-22-18(13-19)17-7-6-15(3)12-16(17)4/h6-7,12,14,18H,5,8-11,13H2,1-4H3/t18-/m1/s1. The average Bonchev–Trinajstić information content (AvgIpc) is 2.47. The van der Waals surface area contributed by atoms with Gasteiger partial charge in [0.2, 0.25) is 0 Å². The molecule has 1 heterocycles. The van der Waals surface area contributed by atoms with E-state index in [1.807, 2.05) is 0 Å². The van der Waals surface area contributed by atoms with E-state index in [9.17, 15) is 8.42 Å². The second kappa shape index (κ2) is 7.77. The first kappa shape index (κ1) is 18.4. The van der Waals surface area contributed by atoms with Crippen LogP contribution < -0.4 is 0 Å². The summed E-state index contributed by atoms with van der Waals surface area (Å²) >= 11 is 0. The van der Waals surface area contributed by atoms with Gasteiger partial charge in [-0.15, -0.1) is 0 Å². The van der Waals surface area contributed by atoms with Crippen molar-refractivity contribution in [3.05, 3.63) is 34.9 Å². The quantitative estimate of drug-likeness (QED) is 0.799. The highest BCUT2D eigenvalue weighted by molar-refractivity contribution is 7.91. The van der Waals surface area contributed by atoms with Crippen molar-refractivity contribution >= 4 is 9.84 Å². The molecule has 0 aromatic heterocycles. The van der Waals surface area contributed by atoms with Gasteiger partial charge >= 0.3 is 0 Å². The van der Waals surface area contributed by atoms with Gasteiger partial charge in [0.05, 0.1) is 23.7 Å². The van der Waals surface area contributed by atoms with Crippen molar-refractivity contribution in [2.75, 3.05) is 32.0 Å². The lowest BCUT2D eigenvalue weighted by Gasteiger charge is -2.33. The van der Waals surface area contributed by atoms with Crippen LogP contribution in [0.3, 0.4) is 0 Å². The second-order valence-corrected chi connectivity index (χ2v) is 9.47. The maximum atomic E-state index is 11.9. The first-order valence-corrected chi connectivity index (χ1v) is 10.1. The third kappa shape index (κ3) is 5.03. The van der Waals surface area contributed by atoms with Gasteiger partial charge < -0.3 is 4.74 Å². The van der Waals surface area contributed by atoms with E-state index >= 15 is 0 Å². The molecule has 0 N–H and O–H groups in total. The molecule has 0 unspecified atom stereocenters. The van der Waals surface area contributed by atoms with E-state index in [0.29, 0.717) is 13.0 Å². The Bertz CT molecular complexity index is 625. The van der Waals surface area contributed by atoms with Gasteiger partial charge in [0, 0.05) is 13.1 Å². The molecular formula is C18H29NO3S. The lowest BCUT2D eigenvalue weighted by molar-refractivity contribution is -0.0300. The molecule has 1 aliphatic rings. The van der Waals surface area contributed by atoms with Crippen LogP contribution in [-0.4, -0.2) is 50.6 Å². The molecule has 1 aromatic rings. The number of hydrogen-bond acceptors (Lipinski definition) is 4. The van der Waals surface area contributed by atoms with Crippen molar-refractivity contribution in [2.24, 2.45) is 0 Å². The molecule has 4 nitrogen and oxygen atoms in total. The lowest BCUT2D eigenvalue weighted by Crippen LogP contribution is -2.39. The van der Waals surface area contributed by atoms with E-state index < -0.39 is 9.84 Å². The van der Waals surface area contributed by atoms with Gasteiger partial charge in [0.15, 0.2) is 9.84 Å². The Morgan fingerprint density at radius 2 is 2.04 bits per heavy atom. The number of ether oxygens (including phenoxy) is 1. The van der Waals surface area contributed by atoms with Gasteiger partial charge in [-0.25, -0.2) is 8.42 Å². The number of sulfone groups is 1. The van der Waals surface area contributed by atoms with Crippen LogP contribution in [0.5, 0.6) is 0 Å². The van der Waals surface area contributed by atoms with Gasteiger partial charge in [0.1, 0.15) is 0 Å². The number of benzene rings is 1. The van der Waals surface area contributed by atoms with E-state index in [4.69, 9.17) is 4.74 Å². The SMILES string of the molecule is Cc1ccc([C@H]2CN(CCCS(=O)(=O)C(C)C)CCO2)c(C)c1. The van der Waals surface area contributed by atoms with Crippen molar-refractivity contribution in [3.8, 4) is 0 Å². The van der Waals surface area contributed by atoms with Crippen LogP contribution in [0.15, 0.2) is 18.2 Å². The summed E-state index contributed by atoms with van der Waals surface area (Å²) < 4.78 is 29.7. The van der Waals surface area contributed by atoms with Gasteiger partial charge in [-0.05, 0) is 51.8 Å². The average molecular weight is 340 g/mol. The maximum Gasteiger partial charge on any atom is 0.152 e. The van der Waals surface area contributed by atoms with Crippen LogP contribution in [0.1, 0.15) is 43.1 Å². The Labute approximate surface area is 140 Å². The zero-order valence-electron chi connectivity index (χ0n) is 14.7. The monoisotopic (exact) mass is 339 g/mol. The van der Waals surface area contributed by atoms with E-state index in [0.717, 1.165) is 19.6 Å². The van der Waals surface area contributed by atoms with Crippen LogP contribution in [0.4, 0.5) is 0 Å². The second-order valence-electron chi connectivity index (χ2n) is 6.79. The van der Waals surface area contributed by atoms with Crippen LogP contribution in [0, 0.1) is 13.8 Å². The minimum absolute atomic E-state index is 0.0889. The topological polar surface area (TPSA) is 46.6 Å². The van der Waals surface area contributed by atoms with Crippen molar-refractivity contribution in [1.82, 2.24) is 4.90 Å². The Kier molecular flexibility index (Phi) is 6.23. The van der Waals surface area contributed by atoms with Crippen LogP contribution in [0.2, 0.25) is 0 Å². The molecule has 1 atom stereocenters. The molecule has 0 amide bonds. The van der Waals surface area contributed by atoms with Crippen LogP contribution in [-0.2, 0) is 14.6 Å². The zero-order chi connectivity index (χ0) is 17.0. The predicted molar refractivity (Wildman–Crippen MR) is 94.6 cm³/mol. The minimum Gasteiger partial charge on any atom is -0.371 e. The Balaban J connectivity index is 1.91. The first-order valence-electron chi connectivity index (χ1n) is 8.42. The maximum absolute atomic E-state index is 11.9. The highest BCUT2D eigenvalue weighted by Crippen LogP contribution is 2.25. The molecule has 130 valence electrons. The normalized spacial score (nSPS) is 20.1. The van der Waals surface area contributed by atoms with Crippen molar-refractivity contribution in [1.29, 1.82) is 0 Å². The molecule has 0 aliphatic carbocycles. The fraction of sp³-hybridized carbons (Fsp3) is 0.667. The summed E-state index contributed by atoms with van der Waals surface area (Å²) in [6.45, 7) is 11.0. The molecule has 0 bridgehead atoms. The highest BCUT2D eigenvalue weighted by Gasteiger charge is 2.24. The summed E-state index contributed by atoms with van der Waals surface area (Å²) in [6, 6.07) is 6.47. The molecule has 23 heavy (non-hydrogen) atoms. The van der Waals surface area contributed by atoms with Crippen LogP contribution >= 0.6 is 0 Å². The Hall–Kier alpha value is -0.910. The minimum atomic E-state index is -2.93. The summed E-state index contributed by atoms with van der Waals surface area (Å²) in [7, 11) is -2.93. The third-order valence-electron chi connectivity index (χ3n) is 4.54. The van der Waals surface area contributed by atoms with E-state index in [1.165, 1.54) is 16.7 Å². The Morgan fingerprint density at radius 1 is 1.30 bits per heavy atom. The predicted octanol–water partition coefficient (Wildman–Crippen LogP) is 2.89. The van der Waals surface area contributed by atoms with Crippen molar-refractivity contribution < 1.29 is 13.2 Å². The summed E-state index contributed by atoms with van der Waals surface area (Å²) in [6.07, 6.45) is 0.783. The van der Waals surface area contributed by atoms with Crippen molar-refractivity contribution in [3.63, 3.8) is 0 Å². The summed E-state index contributed by atoms with van der Waals surface area (Å²) in [5.41, 5.74) is 3.77. The molecule has 0 spiro atoms. The number of nitrogens with zero attached hydrogens (tertiary/aromatic N) is 1. The molecule has 1 saturated heterocycles.